The van der Waals surface area contributed by atoms with Crippen LogP contribution in [-0.2, 0) is 21.5 Å². The summed E-state index contributed by atoms with van der Waals surface area (Å²) in [5, 5.41) is 6.38. The Bertz CT molecular complexity index is 421. The van der Waals surface area contributed by atoms with Crippen molar-refractivity contribution in [2.75, 3.05) is 7.11 Å². The van der Waals surface area contributed by atoms with E-state index in [1.165, 1.54) is 7.11 Å². The van der Waals surface area contributed by atoms with Gasteiger partial charge in [-0.15, -0.1) is 11.3 Å². The Labute approximate surface area is 119 Å². The summed E-state index contributed by atoms with van der Waals surface area (Å²) in [5.74, 6) is -0.0329. The highest BCUT2D eigenvalue weighted by atomic mass is 32.1. The number of carbonyl (C=O) groups is 1. The van der Waals surface area contributed by atoms with Crippen molar-refractivity contribution in [3.63, 3.8) is 0 Å². The fraction of sp³-hybridized carbons (Fsp3) is 0.714. The number of rotatable bonds is 5. The smallest absolute Gasteiger partial charge is 0.323 e. The van der Waals surface area contributed by atoms with Gasteiger partial charge in [-0.2, -0.15) is 0 Å². The molecule has 0 unspecified atom stereocenters. The molecule has 5 heteroatoms. The van der Waals surface area contributed by atoms with E-state index < -0.39 is 0 Å². The molecule has 0 aliphatic heterocycles. The molecule has 0 aliphatic carbocycles. The van der Waals surface area contributed by atoms with Crippen molar-refractivity contribution in [3.05, 3.63) is 16.1 Å². The first kappa shape index (κ1) is 16.1. The Balaban J connectivity index is 2.65. The lowest BCUT2D eigenvalue weighted by molar-refractivity contribution is -0.144. The fourth-order valence-corrected chi connectivity index (χ4v) is 2.57. The van der Waals surface area contributed by atoms with Crippen molar-refractivity contribution in [2.24, 2.45) is 5.92 Å². The Morgan fingerprint density at radius 1 is 1.47 bits per heavy atom. The zero-order valence-corrected chi connectivity index (χ0v) is 13.4. The molecule has 0 aliphatic rings. The SMILES string of the molecule is COC(=O)[C@@H](NCc1csc(C(C)(C)C)n1)C(C)C. The standard InChI is InChI=1S/C14H24N2O2S/c1-9(2)11(12(17)18-6)15-7-10-8-19-13(16-10)14(3,4)5/h8-9,11,15H,7H2,1-6H3/t11-/m0/s1. The summed E-state index contributed by atoms with van der Waals surface area (Å²) in [7, 11) is 1.42. The van der Waals surface area contributed by atoms with Gasteiger partial charge in [0.2, 0.25) is 0 Å². The lowest BCUT2D eigenvalue weighted by Crippen LogP contribution is -2.41. The largest absolute Gasteiger partial charge is 0.468 e. The number of hydrogen-bond donors (Lipinski definition) is 1. The summed E-state index contributed by atoms with van der Waals surface area (Å²) >= 11 is 1.66. The van der Waals surface area contributed by atoms with Crippen LogP contribution in [0.4, 0.5) is 0 Å². The van der Waals surface area contributed by atoms with Crippen molar-refractivity contribution >= 4 is 17.3 Å². The minimum Gasteiger partial charge on any atom is -0.468 e. The van der Waals surface area contributed by atoms with E-state index in [9.17, 15) is 4.79 Å². The predicted octanol–water partition coefficient (Wildman–Crippen LogP) is 2.73. The normalized spacial score (nSPS) is 13.6. The minimum atomic E-state index is -0.287. The molecule has 1 rings (SSSR count). The predicted molar refractivity (Wildman–Crippen MR) is 78.3 cm³/mol. The Hall–Kier alpha value is -0.940. The molecule has 0 amide bonds. The number of nitrogens with zero attached hydrogens (tertiary/aromatic N) is 1. The van der Waals surface area contributed by atoms with Gasteiger partial charge < -0.3 is 4.74 Å². The molecule has 108 valence electrons. The van der Waals surface area contributed by atoms with Gasteiger partial charge in [0.15, 0.2) is 0 Å². The number of methoxy groups -OCH3 is 1. The van der Waals surface area contributed by atoms with Crippen LogP contribution < -0.4 is 5.32 Å². The maximum absolute atomic E-state index is 11.6. The van der Waals surface area contributed by atoms with Gasteiger partial charge >= 0.3 is 5.97 Å². The summed E-state index contributed by atoms with van der Waals surface area (Å²) in [6, 6.07) is -0.287. The van der Waals surface area contributed by atoms with E-state index in [1.807, 2.05) is 19.2 Å². The molecule has 0 aromatic carbocycles. The first-order valence-corrected chi connectivity index (χ1v) is 7.39. The van der Waals surface area contributed by atoms with Crippen molar-refractivity contribution < 1.29 is 9.53 Å². The molecule has 0 fully saturated rings. The highest BCUT2D eigenvalue weighted by molar-refractivity contribution is 7.09. The van der Waals surface area contributed by atoms with Crippen LogP contribution in [0.25, 0.3) is 0 Å². The van der Waals surface area contributed by atoms with Crippen LogP contribution in [0.3, 0.4) is 0 Å². The van der Waals surface area contributed by atoms with Crippen LogP contribution in [0.2, 0.25) is 0 Å². The van der Waals surface area contributed by atoms with Gasteiger partial charge in [-0.1, -0.05) is 34.6 Å². The Morgan fingerprint density at radius 2 is 2.11 bits per heavy atom. The number of ether oxygens (including phenoxy) is 1. The molecule has 0 radical (unpaired) electrons. The lowest BCUT2D eigenvalue weighted by atomic mass is 9.98. The number of aromatic nitrogens is 1. The molecular formula is C14H24N2O2S. The molecule has 0 spiro atoms. The topological polar surface area (TPSA) is 51.2 Å². The number of thiazole rings is 1. The lowest BCUT2D eigenvalue weighted by Gasteiger charge is -2.19. The van der Waals surface area contributed by atoms with Crippen LogP contribution >= 0.6 is 11.3 Å². The van der Waals surface area contributed by atoms with E-state index >= 15 is 0 Å². The van der Waals surface area contributed by atoms with Gasteiger partial charge in [0.25, 0.3) is 0 Å². The molecule has 0 saturated carbocycles. The average molecular weight is 284 g/mol. The highest BCUT2D eigenvalue weighted by Gasteiger charge is 2.23. The Morgan fingerprint density at radius 3 is 2.53 bits per heavy atom. The zero-order valence-electron chi connectivity index (χ0n) is 12.6. The van der Waals surface area contributed by atoms with Crippen LogP contribution in [0.15, 0.2) is 5.38 Å². The van der Waals surface area contributed by atoms with E-state index in [1.54, 1.807) is 11.3 Å². The number of hydrogen-bond acceptors (Lipinski definition) is 5. The second-order valence-corrected chi connectivity index (χ2v) is 6.88. The highest BCUT2D eigenvalue weighted by Crippen LogP contribution is 2.25. The van der Waals surface area contributed by atoms with E-state index in [-0.39, 0.29) is 23.3 Å². The molecule has 0 bridgehead atoms. The third kappa shape index (κ3) is 4.58. The van der Waals surface area contributed by atoms with E-state index in [0.29, 0.717) is 6.54 Å². The van der Waals surface area contributed by atoms with Gasteiger partial charge in [0, 0.05) is 17.3 Å². The van der Waals surface area contributed by atoms with E-state index in [4.69, 9.17) is 4.74 Å². The summed E-state index contributed by atoms with van der Waals surface area (Å²) in [5.41, 5.74) is 1.05. The molecule has 1 N–H and O–H groups in total. The fourth-order valence-electron chi connectivity index (χ4n) is 1.67. The zero-order chi connectivity index (χ0) is 14.6. The summed E-state index contributed by atoms with van der Waals surface area (Å²) in [6.45, 7) is 11.0. The van der Waals surface area contributed by atoms with Gasteiger partial charge in [-0.3, -0.25) is 10.1 Å². The third-order valence-electron chi connectivity index (χ3n) is 2.82. The summed E-state index contributed by atoms with van der Waals surface area (Å²) in [6.07, 6.45) is 0. The summed E-state index contributed by atoms with van der Waals surface area (Å²) in [4.78, 5) is 16.2. The number of carbonyl (C=O) groups excluding carboxylic acids is 1. The maximum atomic E-state index is 11.6. The van der Waals surface area contributed by atoms with Crippen LogP contribution in [0.5, 0.6) is 0 Å². The van der Waals surface area contributed by atoms with Gasteiger partial charge in [-0.25, -0.2) is 4.98 Å². The van der Waals surface area contributed by atoms with E-state index in [2.05, 4.69) is 31.1 Å². The van der Waals surface area contributed by atoms with Crippen molar-refractivity contribution in [2.45, 2.75) is 52.6 Å². The maximum Gasteiger partial charge on any atom is 0.323 e. The molecule has 0 saturated heterocycles. The van der Waals surface area contributed by atoms with Gasteiger partial charge in [-0.05, 0) is 5.92 Å². The van der Waals surface area contributed by atoms with Gasteiger partial charge in [0.05, 0.1) is 17.8 Å². The van der Waals surface area contributed by atoms with Crippen molar-refractivity contribution in [1.29, 1.82) is 0 Å². The summed E-state index contributed by atoms with van der Waals surface area (Å²) < 4.78 is 4.80. The second kappa shape index (κ2) is 6.48. The second-order valence-electron chi connectivity index (χ2n) is 6.02. The molecule has 1 heterocycles. The first-order chi connectivity index (χ1) is 8.75. The Kier molecular flexibility index (Phi) is 5.50. The van der Waals surface area contributed by atoms with Gasteiger partial charge in [0.1, 0.15) is 6.04 Å². The van der Waals surface area contributed by atoms with Crippen LogP contribution in [0, 0.1) is 5.92 Å². The molecule has 1 aromatic heterocycles. The van der Waals surface area contributed by atoms with E-state index in [0.717, 1.165) is 10.7 Å². The third-order valence-corrected chi connectivity index (χ3v) is 4.14. The average Bonchev–Trinajstić information content (AvgIpc) is 2.76. The first-order valence-electron chi connectivity index (χ1n) is 6.51. The minimum absolute atomic E-state index is 0.0721. The molecule has 19 heavy (non-hydrogen) atoms. The quantitative estimate of drug-likeness (QED) is 0.845. The van der Waals surface area contributed by atoms with Crippen molar-refractivity contribution in [1.82, 2.24) is 10.3 Å². The molecule has 4 nitrogen and oxygen atoms in total. The molecule has 1 aromatic rings. The van der Waals surface area contributed by atoms with Crippen molar-refractivity contribution in [3.8, 4) is 0 Å². The molecular weight excluding hydrogens is 260 g/mol. The number of nitrogens with one attached hydrogen (secondary N) is 1. The molecule has 1 atom stereocenters. The number of esters is 1. The monoisotopic (exact) mass is 284 g/mol. The van der Waals surface area contributed by atoms with Crippen LogP contribution in [0.1, 0.15) is 45.3 Å². The van der Waals surface area contributed by atoms with Crippen LogP contribution in [-0.4, -0.2) is 24.1 Å².